The number of hydrogen-bond acceptors (Lipinski definition) is 8. The molecule has 228 valence electrons. The van der Waals surface area contributed by atoms with E-state index in [4.69, 9.17) is 19.2 Å². The van der Waals surface area contributed by atoms with Gasteiger partial charge in [0.2, 0.25) is 11.8 Å². The number of hydrogen-bond donors (Lipinski definition) is 0. The first-order valence-electron chi connectivity index (χ1n) is 15.7. The van der Waals surface area contributed by atoms with Crippen molar-refractivity contribution < 1.29 is 18.4 Å². The third-order valence-electron chi connectivity index (χ3n) is 10.6. The molecule has 3 aromatic heterocycles. The van der Waals surface area contributed by atoms with Gasteiger partial charge in [0.1, 0.15) is 11.5 Å². The van der Waals surface area contributed by atoms with Gasteiger partial charge in [0.05, 0.1) is 6.61 Å². The maximum absolute atomic E-state index is 14.4. The topological polar surface area (TPSA) is 107 Å². The van der Waals surface area contributed by atoms with Gasteiger partial charge in [0, 0.05) is 47.9 Å². The van der Waals surface area contributed by atoms with E-state index >= 15 is 0 Å². The summed E-state index contributed by atoms with van der Waals surface area (Å²) in [6, 6.07) is 4.20. The number of amides is 1. The fourth-order valence-corrected chi connectivity index (χ4v) is 8.09. The van der Waals surface area contributed by atoms with Crippen LogP contribution in [0.1, 0.15) is 104 Å². The van der Waals surface area contributed by atoms with Gasteiger partial charge in [-0.15, -0.1) is 0 Å². The summed E-state index contributed by atoms with van der Waals surface area (Å²) in [4.78, 5) is 34.1. The van der Waals surface area contributed by atoms with Crippen LogP contribution in [0.4, 0.5) is 10.2 Å². The second-order valence-corrected chi connectivity index (χ2v) is 14.9. The van der Waals surface area contributed by atoms with Crippen molar-refractivity contribution in [3.8, 4) is 17.1 Å². The van der Waals surface area contributed by atoms with Crippen LogP contribution >= 0.6 is 0 Å². The average molecular weight is 589 g/mol. The molecule has 0 radical (unpaired) electrons. The molecule has 6 saturated carbocycles. The number of anilines is 1. The van der Waals surface area contributed by atoms with E-state index < -0.39 is 5.67 Å². The van der Waals surface area contributed by atoms with Crippen LogP contribution in [0.3, 0.4) is 0 Å². The maximum atomic E-state index is 14.4. The summed E-state index contributed by atoms with van der Waals surface area (Å²) in [5, 5.41) is 4.44. The summed E-state index contributed by atoms with van der Waals surface area (Å²) in [7, 11) is 0. The lowest BCUT2D eigenvalue weighted by Gasteiger charge is -2.66. The van der Waals surface area contributed by atoms with Gasteiger partial charge in [0.15, 0.2) is 5.82 Å². The number of fused-ring (bicyclic) bond motifs is 3. The number of halogens is 1. The van der Waals surface area contributed by atoms with Crippen molar-refractivity contribution in [3.63, 3.8) is 0 Å². The lowest BCUT2D eigenvalue weighted by Crippen LogP contribution is -2.65. The fraction of sp³-hybridized carbons (Fsp3) is 0.636. The Bertz CT molecular complexity index is 1490. The average Bonchev–Trinajstić information content (AvgIpc) is 3.49. The molecule has 0 spiro atoms. The number of alkyl halides is 1. The molecule has 0 atom stereocenters. The number of carbonyl (C=O) groups excluding carboxylic acids is 1. The molecule has 0 unspecified atom stereocenters. The van der Waals surface area contributed by atoms with E-state index in [-0.39, 0.29) is 27.6 Å². The molecule has 6 aliphatic rings. The predicted octanol–water partition coefficient (Wildman–Crippen LogP) is 6.53. The van der Waals surface area contributed by atoms with Gasteiger partial charge in [-0.1, -0.05) is 25.9 Å². The van der Waals surface area contributed by atoms with E-state index in [1.165, 1.54) is 0 Å². The van der Waals surface area contributed by atoms with E-state index in [0.717, 1.165) is 55.5 Å². The summed E-state index contributed by atoms with van der Waals surface area (Å²) >= 11 is 0. The maximum Gasteiger partial charge on any atom is 0.316 e. The van der Waals surface area contributed by atoms with Gasteiger partial charge in [-0.05, 0) is 93.2 Å². The van der Waals surface area contributed by atoms with Gasteiger partial charge in [0.25, 0.3) is 0 Å². The van der Waals surface area contributed by atoms with Gasteiger partial charge in [-0.2, -0.15) is 4.98 Å². The normalized spacial score (nSPS) is 30.8. The first-order valence-corrected chi connectivity index (χ1v) is 15.7. The second-order valence-electron chi connectivity index (χ2n) is 14.9. The van der Waals surface area contributed by atoms with Crippen molar-refractivity contribution in [2.45, 2.75) is 108 Å². The molecular weight excluding hydrogens is 547 g/mol. The van der Waals surface area contributed by atoms with Crippen LogP contribution in [-0.4, -0.2) is 49.8 Å². The fourth-order valence-electron chi connectivity index (χ4n) is 8.09. The van der Waals surface area contributed by atoms with Crippen molar-refractivity contribution >= 4 is 11.7 Å². The second kappa shape index (κ2) is 9.79. The van der Waals surface area contributed by atoms with Gasteiger partial charge >= 0.3 is 6.01 Å². The zero-order chi connectivity index (χ0) is 30.1. The summed E-state index contributed by atoms with van der Waals surface area (Å²) in [6.45, 7) is 9.27. The van der Waals surface area contributed by atoms with E-state index in [1.54, 1.807) is 18.6 Å². The molecule has 0 aromatic carbocycles. The Morgan fingerprint density at radius 1 is 1.00 bits per heavy atom. The molecule has 43 heavy (non-hydrogen) atoms. The van der Waals surface area contributed by atoms with Crippen LogP contribution in [0.2, 0.25) is 0 Å². The van der Waals surface area contributed by atoms with Crippen LogP contribution < -0.4 is 9.64 Å². The van der Waals surface area contributed by atoms with Gasteiger partial charge in [-0.3, -0.25) is 9.69 Å². The molecule has 0 N–H and O–H groups in total. The van der Waals surface area contributed by atoms with E-state index in [9.17, 15) is 9.18 Å². The van der Waals surface area contributed by atoms with Crippen LogP contribution in [0, 0.1) is 10.8 Å². The summed E-state index contributed by atoms with van der Waals surface area (Å²) < 4.78 is 25.4. The number of nitrogens with zero attached hydrogens (tertiary/aromatic N) is 6. The van der Waals surface area contributed by atoms with Crippen molar-refractivity contribution in [1.29, 1.82) is 0 Å². The third-order valence-corrected chi connectivity index (χ3v) is 10.6. The molecular formula is C33H41FN6O3. The number of pyridine rings is 1. The molecule has 6 fully saturated rings. The lowest BCUT2D eigenvalue weighted by atomic mass is 9.41. The molecule has 10 heteroatoms. The van der Waals surface area contributed by atoms with Crippen LogP contribution in [0.5, 0.6) is 6.01 Å². The SMILES string of the molecule is CCOc1ncc(-c2ccnc(N(CC34CCC(c5noc(C(C)(C)C)n5)(CC3)CC4)C(=O)CC34CC(F)(C3)C4)c2)cn1. The molecule has 3 aromatic rings. The Hall–Kier alpha value is -3.43. The van der Waals surface area contributed by atoms with E-state index in [1.807, 2.05) is 24.0 Å². The van der Waals surface area contributed by atoms with Crippen molar-refractivity contribution in [2.24, 2.45) is 10.8 Å². The molecule has 0 aliphatic heterocycles. The molecule has 6 aliphatic carbocycles. The minimum absolute atomic E-state index is 0.00528. The molecule has 0 saturated heterocycles. The molecule has 1 amide bonds. The smallest absolute Gasteiger partial charge is 0.316 e. The highest BCUT2D eigenvalue weighted by Crippen LogP contribution is 2.71. The number of rotatable bonds is 9. The Labute approximate surface area is 252 Å². The highest BCUT2D eigenvalue weighted by Gasteiger charge is 2.69. The first kappa shape index (κ1) is 28.3. The van der Waals surface area contributed by atoms with Crippen molar-refractivity contribution in [3.05, 3.63) is 42.4 Å². The van der Waals surface area contributed by atoms with Crippen LogP contribution in [0.25, 0.3) is 11.1 Å². The quantitative estimate of drug-likeness (QED) is 0.278. The van der Waals surface area contributed by atoms with Crippen LogP contribution in [-0.2, 0) is 15.6 Å². The molecule has 9 nitrogen and oxygen atoms in total. The highest BCUT2D eigenvalue weighted by molar-refractivity contribution is 5.94. The minimum atomic E-state index is -1.03. The standard InChI is InChI=1S/C33H41FN6O3/c1-5-42-28-36-16-23(17-37-28)22-6-13-35-24(14-22)40(25(41)15-31-18-33(34,19-31)20-31)21-30-7-10-32(11-8-30,12-9-30)26-38-27(43-39-26)29(2,3)4/h6,13-14,16-17H,5,7-12,15,18-21H2,1-4H3. The third kappa shape index (κ3) is 5.00. The van der Waals surface area contributed by atoms with Gasteiger partial charge < -0.3 is 9.26 Å². The Morgan fingerprint density at radius 2 is 1.67 bits per heavy atom. The Kier molecular flexibility index (Phi) is 6.45. The van der Waals surface area contributed by atoms with Crippen molar-refractivity contribution in [2.75, 3.05) is 18.1 Å². The summed E-state index contributed by atoms with van der Waals surface area (Å²) in [6.07, 6.45) is 13.0. The van der Waals surface area contributed by atoms with Crippen molar-refractivity contribution in [1.82, 2.24) is 25.1 Å². The first-order chi connectivity index (χ1) is 20.4. The summed E-state index contributed by atoms with van der Waals surface area (Å²) in [5.41, 5.74) is 0.247. The Morgan fingerprint density at radius 3 is 2.26 bits per heavy atom. The molecule has 4 bridgehead atoms. The van der Waals surface area contributed by atoms with Crippen LogP contribution in [0.15, 0.2) is 35.2 Å². The summed E-state index contributed by atoms with van der Waals surface area (Å²) in [5.74, 6) is 2.19. The minimum Gasteiger partial charge on any atom is -0.464 e. The lowest BCUT2D eigenvalue weighted by molar-refractivity contribution is -0.215. The van der Waals surface area contributed by atoms with E-state index in [0.29, 0.717) is 56.6 Å². The highest BCUT2D eigenvalue weighted by atomic mass is 19.1. The predicted molar refractivity (Wildman–Crippen MR) is 158 cm³/mol. The Balaban J connectivity index is 1.13. The largest absolute Gasteiger partial charge is 0.464 e. The molecule has 3 heterocycles. The number of aromatic nitrogens is 5. The number of carbonyl (C=O) groups is 1. The number of ether oxygens (including phenoxy) is 1. The molecule has 9 rings (SSSR count). The zero-order valence-electron chi connectivity index (χ0n) is 25.7. The van der Waals surface area contributed by atoms with Gasteiger partial charge in [-0.25, -0.2) is 19.3 Å². The van der Waals surface area contributed by atoms with E-state index in [2.05, 4.69) is 35.9 Å². The zero-order valence-corrected chi connectivity index (χ0v) is 25.7. The monoisotopic (exact) mass is 588 g/mol.